The Morgan fingerprint density at radius 2 is 1.66 bits per heavy atom. The molecule has 4 nitrogen and oxygen atoms in total. The Bertz CT molecular complexity index is 1140. The number of anilines is 2. The number of fused-ring (bicyclic) bond motifs is 1. The summed E-state index contributed by atoms with van der Waals surface area (Å²) in [7, 11) is 0. The Morgan fingerprint density at radius 1 is 0.897 bits per heavy atom. The Labute approximate surface area is 166 Å². The topological polar surface area (TPSA) is 50.7 Å². The van der Waals surface area contributed by atoms with Gasteiger partial charge in [0.15, 0.2) is 0 Å². The van der Waals surface area contributed by atoms with Crippen LogP contribution in [0.15, 0.2) is 67.1 Å². The predicted molar refractivity (Wildman–Crippen MR) is 109 cm³/mol. The second-order valence-corrected chi connectivity index (χ2v) is 6.32. The Balaban J connectivity index is 0.00000240. The number of rotatable bonds is 3. The first-order chi connectivity index (χ1) is 13.4. The molecule has 0 aliphatic rings. The molecule has 0 saturated heterocycles. The molecule has 0 spiro atoms. The van der Waals surface area contributed by atoms with Crippen molar-refractivity contribution in [3.05, 3.63) is 78.2 Å². The maximum atomic E-state index is 12.7. The fraction of sp³-hybridized carbons (Fsp3) is 0.136. The number of halogens is 3. The van der Waals surface area contributed by atoms with Gasteiger partial charge in [-0.3, -0.25) is 4.98 Å². The first kappa shape index (κ1) is 20.3. The van der Waals surface area contributed by atoms with Gasteiger partial charge in [-0.2, -0.15) is 13.2 Å². The molecule has 148 valence electrons. The summed E-state index contributed by atoms with van der Waals surface area (Å²) in [5.41, 5.74) is 3.40. The lowest BCUT2D eigenvalue weighted by Gasteiger charge is -2.11. The number of nitrogens with zero attached hydrogens (tertiary/aromatic N) is 3. The second kappa shape index (κ2) is 7.87. The lowest BCUT2D eigenvalue weighted by atomic mass is 10.0. The fourth-order valence-corrected chi connectivity index (χ4v) is 2.97. The van der Waals surface area contributed by atoms with Crippen LogP contribution in [-0.2, 0) is 6.18 Å². The number of aromatic nitrogens is 3. The van der Waals surface area contributed by atoms with Gasteiger partial charge in [0.1, 0.15) is 12.1 Å². The van der Waals surface area contributed by atoms with E-state index in [-0.39, 0.29) is 7.43 Å². The Hall–Kier alpha value is -3.48. The van der Waals surface area contributed by atoms with Crippen LogP contribution in [0.4, 0.5) is 24.7 Å². The summed E-state index contributed by atoms with van der Waals surface area (Å²) < 4.78 is 38.1. The molecule has 1 N–H and O–H groups in total. The zero-order chi connectivity index (χ0) is 19.7. The third-order valence-electron chi connectivity index (χ3n) is 4.39. The minimum atomic E-state index is -4.36. The van der Waals surface area contributed by atoms with E-state index in [4.69, 9.17) is 0 Å². The van der Waals surface area contributed by atoms with Crippen molar-refractivity contribution in [2.75, 3.05) is 5.32 Å². The van der Waals surface area contributed by atoms with E-state index in [1.807, 2.05) is 37.3 Å². The quantitative estimate of drug-likeness (QED) is 0.435. The van der Waals surface area contributed by atoms with Crippen LogP contribution in [0.1, 0.15) is 18.6 Å². The fourth-order valence-electron chi connectivity index (χ4n) is 2.97. The number of pyridine rings is 1. The van der Waals surface area contributed by atoms with Crippen molar-refractivity contribution in [2.45, 2.75) is 20.5 Å². The normalized spacial score (nSPS) is 11.2. The molecule has 4 aromatic rings. The second-order valence-electron chi connectivity index (χ2n) is 6.32. The molecule has 2 heterocycles. The first-order valence-electron chi connectivity index (χ1n) is 8.53. The van der Waals surface area contributed by atoms with Crippen molar-refractivity contribution in [3.63, 3.8) is 0 Å². The van der Waals surface area contributed by atoms with E-state index in [0.29, 0.717) is 17.0 Å². The van der Waals surface area contributed by atoms with Crippen molar-refractivity contribution >= 4 is 22.4 Å². The van der Waals surface area contributed by atoms with E-state index in [9.17, 15) is 13.2 Å². The van der Waals surface area contributed by atoms with Crippen molar-refractivity contribution in [3.8, 4) is 11.3 Å². The molecule has 0 aliphatic carbocycles. The third kappa shape index (κ3) is 4.18. The summed E-state index contributed by atoms with van der Waals surface area (Å²) in [4.78, 5) is 13.0. The summed E-state index contributed by atoms with van der Waals surface area (Å²) in [6.45, 7) is 1.99. The maximum Gasteiger partial charge on any atom is 0.416 e. The largest absolute Gasteiger partial charge is 0.416 e. The van der Waals surface area contributed by atoms with E-state index in [1.165, 1.54) is 18.5 Å². The highest BCUT2D eigenvalue weighted by Gasteiger charge is 2.29. The van der Waals surface area contributed by atoms with Gasteiger partial charge in [0.05, 0.1) is 16.8 Å². The maximum absolute atomic E-state index is 12.7. The Morgan fingerprint density at radius 3 is 2.34 bits per heavy atom. The molecule has 7 heteroatoms. The van der Waals surface area contributed by atoms with Gasteiger partial charge >= 0.3 is 6.18 Å². The van der Waals surface area contributed by atoms with Crippen molar-refractivity contribution in [1.82, 2.24) is 15.0 Å². The van der Waals surface area contributed by atoms with Gasteiger partial charge < -0.3 is 5.32 Å². The van der Waals surface area contributed by atoms with E-state index in [2.05, 4.69) is 20.3 Å². The molecule has 0 amide bonds. The van der Waals surface area contributed by atoms with Crippen LogP contribution in [0.25, 0.3) is 22.2 Å². The van der Waals surface area contributed by atoms with E-state index in [1.54, 1.807) is 6.20 Å². The molecule has 2 aromatic heterocycles. The van der Waals surface area contributed by atoms with Crippen LogP contribution in [0.5, 0.6) is 0 Å². The molecule has 0 radical (unpaired) electrons. The molecular formula is C22H19F3N4. The van der Waals surface area contributed by atoms with Crippen LogP contribution >= 0.6 is 0 Å². The average Bonchev–Trinajstić information content (AvgIpc) is 2.68. The van der Waals surface area contributed by atoms with Gasteiger partial charge in [-0.1, -0.05) is 19.6 Å². The van der Waals surface area contributed by atoms with Crippen LogP contribution in [-0.4, -0.2) is 15.0 Å². The zero-order valence-corrected chi connectivity index (χ0v) is 14.8. The van der Waals surface area contributed by atoms with Crippen LogP contribution < -0.4 is 5.32 Å². The number of aryl methyl sites for hydroxylation is 1. The summed E-state index contributed by atoms with van der Waals surface area (Å²) in [6.07, 6.45) is -1.20. The van der Waals surface area contributed by atoms with E-state index >= 15 is 0 Å². The monoisotopic (exact) mass is 396 g/mol. The minimum Gasteiger partial charge on any atom is -0.340 e. The first-order valence-corrected chi connectivity index (χ1v) is 8.53. The van der Waals surface area contributed by atoms with Crippen LogP contribution in [0.3, 0.4) is 0 Å². The van der Waals surface area contributed by atoms with E-state index < -0.39 is 11.7 Å². The standard InChI is InChI=1S/C21H15F3N4.CH4/c1-13-3-2-10-25-19(13)14-4-9-17-18(11-14)26-12-27-20(17)28-16-7-5-15(6-8-16)21(22,23)24;/h2-12H,1H3,(H,26,27,28);1H4. The number of hydrogen-bond acceptors (Lipinski definition) is 4. The molecule has 0 unspecified atom stereocenters. The highest BCUT2D eigenvalue weighted by molar-refractivity contribution is 5.93. The molecule has 2 aromatic carbocycles. The van der Waals surface area contributed by atoms with Crippen molar-refractivity contribution in [2.24, 2.45) is 0 Å². The molecular weight excluding hydrogens is 377 g/mol. The van der Waals surface area contributed by atoms with Gasteiger partial charge in [-0.05, 0) is 55.0 Å². The molecule has 0 bridgehead atoms. The lowest BCUT2D eigenvalue weighted by molar-refractivity contribution is -0.137. The molecule has 0 atom stereocenters. The molecule has 0 aliphatic heterocycles. The van der Waals surface area contributed by atoms with Crippen molar-refractivity contribution < 1.29 is 13.2 Å². The SMILES string of the molecule is C.Cc1cccnc1-c1ccc2c(Nc3ccc(C(F)(F)F)cc3)ncnc2c1. The third-order valence-corrected chi connectivity index (χ3v) is 4.39. The summed E-state index contributed by atoms with van der Waals surface area (Å²) in [5, 5.41) is 3.83. The summed E-state index contributed by atoms with van der Waals surface area (Å²) >= 11 is 0. The van der Waals surface area contributed by atoms with Crippen molar-refractivity contribution in [1.29, 1.82) is 0 Å². The lowest BCUT2D eigenvalue weighted by Crippen LogP contribution is -2.04. The minimum absolute atomic E-state index is 0. The molecule has 0 saturated carbocycles. The Kier molecular flexibility index (Phi) is 5.50. The molecule has 0 fully saturated rings. The summed E-state index contributed by atoms with van der Waals surface area (Å²) in [5.74, 6) is 0.522. The van der Waals surface area contributed by atoms with Gasteiger partial charge in [0.25, 0.3) is 0 Å². The zero-order valence-electron chi connectivity index (χ0n) is 14.8. The van der Waals surface area contributed by atoms with Gasteiger partial charge in [0.2, 0.25) is 0 Å². The number of hydrogen-bond donors (Lipinski definition) is 1. The average molecular weight is 396 g/mol. The number of alkyl halides is 3. The number of benzene rings is 2. The highest BCUT2D eigenvalue weighted by atomic mass is 19.4. The smallest absolute Gasteiger partial charge is 0.340 e. The predicted octanol–water partition coefficient (Wildman–Crippen LogP) is 6.40. The van der Waals surface area contributed by atoms with E-state index in [0.717, 1.165) is 34.3 Å². The van der Waals surface area contributed by atoms with Gasteiger partial charge in [0, 0.05) is 22.8 Å². The summed E-state index contributed by atoms with van der Waals surface area (Å²) in [6, 6.07) is 14.4. The number of nitrogens with one attached hydrogen (secondary N) is 1. The van der Waals surface area contributed by atoms with Gasteiger partial charge in [-0.25, -0.2) is 9.97 Å². The molecule has 29 heavy (non-hydrogen) atoms. The van der Waals surface area contributed by atoms with Crippen LogP contribution in [0, 0.1) is 6.92 Å². The molecule has 4 rings (SSSR count). The van der Waals surface area contributed by atoms with Gasteiger partial charge in [-0.15, -0.1) is 0 Å². The highest BCUT2D eigenvalue weighted by Crippen LogP contribution is 2.31. The van der Waals surface area contributed by atoms with Crippen LogP contribution in [0.2, 0.25) is 0 Å².